The Morgan fingerprint density at radius 3 is 2.62 bits per heavy atom. The summed E-state index contributed by atoms with van der Waals surface area (Å²) in [5.41, 5.74) is 1.40. The van der Waals surface area contributed by atoms with Gasteiger partial charge in [-0.25, -0.2) is 0 Å². The van der Waals surface area contributed by atoms with Crippen LogP contribution in [0.5, 0.6) is 0 Å². The van der Waals surface area contributed by atoms with Crippen molar-refractivity contribution in [2.45, 2.75) is 0 Å². The van der Waals surface area contributed by atoms with Crippen molar-refractivity contribution in [1.29, 1.82) is 0 Å². The fraction of sp³-hybridized carbons (Fsp3) is 0.500. The van der Waals surface area contributed by atoms with Crippen LogP contribution >= 0.6 is 12.2 Å². The fourth-order valence-corrected chi connectivity index (χ4v) is 0.240. The van der Waals surface area contributed by atoms with Crippen LogP contribution in [0.4, 0.5) is 0 Å². The molecule has 0 rings (SSSR count). The van der Waals surface area contributed by atoms with Crippen molar-refractivity contribution in [3.8, 4) is 0 Å². The topological polar surface area (TPSA) is 27.6 Å². The molecular formula is C4H9N3S. The first-order valence-electron chi connectivity index (χ1n) is 2.17. The predicted octanol–water partition coefficient (Wildman–Crippen LogP) is 0.0381. The van der Waals surface area contributed by atoms with E-state index in [9.17, 15) is 0 Å². The van der Waals surface area contributed by atoms with Gasteiger partial charge in [0.25, 0.3) is 0 Å². The Labute approximate surface area is 54.4 Å². The molecule has 46 valence electrons. The average Bonchev–Trinajstić information content (AvgIpc) is 1.66. The molecule has 0 aliphatic rings. The van der Waals surface area contributed by atoms with E-state index in [1.807, 2.05) is 14.1 Å². The summed E-state index contributed by atoms with van der Waals surface area (Å²) in [5.74, 6) is 0. The minimum Gasteiger partial charge on any atom is -0.342 e. The number of hydrazone groups is 1. The Bertz CT molecular complexity index is 89.3. The second kappa shape index (κ2) is 4.52. The van der Waals surface area contributed by atoms with Crippen molar-refractivity contribution < 1.29 is 0 Å². The van der Waals surface area contributed by atoms with Crippen LogP contribution in [0.1, 0.15) is 0 Å². The van der Waals surface area contributed by atoms with E-state index < -0.39 is 0 Å². The van der Waals surface area contributed by atoms with Gasteiger partial charge in [-0.1, -0.05) is 12.2 Å². The lowest BCUT2D eigenvalue weighted by Crippen LogP contribution is -2.10. The maximum atomic E-state index is 4.46. The van der Waals surface area contributed by atoms with Gasteiger partial charge in [-0.05, 0) is 0 Å². The van der Waals surface area contributed by atoms with Crippen molar-refractivity contribution in [1.82, 2.24) is 10.3 Å². The number of thiocarbonyl (C=S) groups is 1. The third-order valence-electron chi connectivity index (χ3n) is 0.431. The fourth-order valence-electron chi connectivity index (χ4n) is 0.179. The summed E-state index contributed by atoms with van der Waals surface area (Å²) in [6, 6.07) is 0. The lowest BCUT2D eigenvalue weighted by atomic mass is 11.1. The van der Waals surface area contributed by atoms with Crippen LogP contribution in [-0.4, -0.2) is 30.9 Å². The normalized spacial score (nSPS) is 9.25. The molecule has 0 amide bonds. The van der Waals surface area contributed by atoms with E-state index in [0.29, 0.717) is 0 Å². The maximum Gasteiger partial charge on any atom is 0.113 e. The zero-order valence-corrected chi connectivity index (χ0v) is 5.77. The standard InChI is InChI=1S/C4H9N3S/c1-7(2)6-3-5-4-8/h3-4H,1-2H3,(H,5,6,8). The van der Waals surface area contributed by atoms with Gasteiger partial charge in [-0.15, -0.1) is 0 Å². The summed E-state index contributed by atoms with van der Waals surface area (Å²) in [7, 11) is 3.67. The maximum absolute atomic E-state index is 4.46. The molecule has 0 spiro atoms. The minimum absolute atomic E-state index is 1.40. The van der Waals surface area contributed by atoms with Gasteiger partial charge in [0.05, 0.1) is 5.49 Å². The van der Waals surface area contributed by atoms with E-state index in [0.717, 1.165) is 0 Å². The highest BCUT2D eigenvalue weighted by Gasteiger charge is 1.70. The van der Waals surface area contributed by atoms with Gasteiger partial charge >= 0.3 is 0 Å². The van der Waals surface area contributed by atoms with E-state index in [1.54, 1.807) is 5.01 Å². The first kappa shape index (κ1) is 7.36. The average molecular weight is 131 g/mol. The quantitative estimate of drug-likeness (QED) is 0.253. The third kappa shape index (κ3) is 5.36. The minimum atomic E-state index is 1.40. The van der Waals surface area contributed by atoms with Crippen LogP contribution < -0.4 is 5.32 Å². The number of hydrogen-bond acceptors (Lipinski definition) is 3. The number of rotatable bonds is 3. The summed E-state index contributed by atoms with van der Waals surface area (Å²) < 4.78 is 0. The molecule has 1 N–H and O–H groups in total. The first-order chi connectivity index (χ1) is 3.77. The van der Waals surface area contributed by atoms with E-state index in [2.05, 4.69) is 22.6 Å². The van der Waals surface area contributed by atoms with Crippen LogP contribution in [-0.2, 0) is 0 Å². The first-order valence-corrected chi connectivity index (χ1v) is 2.64. The Kier molecular flexibility index (Phi) is 4.16. The Balaban J connectivity index is 3.19. The summed E-state index contributed by atoms with van der Waals surface area (Å²) in [4.78, 5) is 0. The van der Waals surface area contributed by atoms with Crippen molar-refractivity contribution in [3.05, 3.63) is 0 Å². The molecular weight excluding hydrogens is 122 g/mol. The molecule has 0 saturated carbocycles. The second-order valence-corrected chi connectivity index (χ2v) is 1.61. The largest absolute Gasteiger partial charge is 0.342 e. The van der Waals surface area contributed by atoms with Crippen LogP contribution in [0.3, 0.4) is 0 Å². The predicted molar refractivity (Wildman–Crippen MR) is 39.0 cm³/mol. The van der Waals surface area contributed by atoms with Gasteiger partial charge in [0, 0.05) is 14.1 Å². The van der Waals surface area contributed by atoms with E-state index in [4.69, 9.17) is 0 Å². The van der Waals surface area contributed by atoms with Gasteiger partial charge < -0.3 is 10.3 Å². The molecule has 0 aromatic rings. The molecule has 8 heavy (non-hydrogen) atoms. The third-order valence-corrected chi connectivity index (χ3v) is 0.567. The molecule has 0 radical (unpaired) electrons. The van der Waals surface area contributed by atoms with Crippen LogP contribution in [0, 0.1) is 0 Å². The summed E-state index contributed by atoms with van der Waals surface area (Å²) >= 11 is 4.46. The van der Waals surface area contributed by atoms with Gasteiger partial charge in [0.2, 0.25) is 0 Å². The highest BCUT2D eigenvalue weighted by molar-refractivity contribution is 7.78. The van der Waals surface area contributed by atoms with Gasteiger partial charge in [-0.3, -0.25) is 0 Å². The molecule has 4 heteroatoms. The number of nitrogens with one attached hydrogen (secondary N) is 1. The van der Waals surface area contributed by atoms with Crippen LogP contribution in [0.15, 0.2) is 5.10 Å². The van der Waals surface area contributed by atoms with Crippen molar-refractivity contribution >= 4 is 24.0 Å². The van der Waals surface area contributed by atoms with E-state index >= 15 is 0 Å². The zero-order valence-electron chi connectivity index (χ0n) is 4.96. The molecule has 0 fully saturated rings. The lowest BCUT2D eigenvalue weighted by molar-refractivity contribution is 0.439. The Morgan fingerprint density at radius 1 is 1.62 bits per heavy atom. The number of hydrogen-bond donors (Lipinski definition) is 1. The molecule has 3 nitrogen and oxygen atoms in total. The molecule has 0 unspecified atom stereocenters. The number of nitrogens with zero attached hydrogens (tertiary/aromatic N) is 2. The second-order valence-electron chi connectivity index (χ2n) is 1.38. The summed E-state index contributed by atoms with van der Waals surface area (Å²) in [6.07, 6.45) is 1.52. The summed E-state index contributed by atoms with van der Waals surface area (Å²) in [6.45, 7) is 0. The van der Waals surface area contributed by atoms with Gasteiger partial charge in [0.1, 0.15) is 6.34 Å². The van der Waals surface area contributed by atoms with Gasteiger partial charge in [0.15, 0.2) is 0 Å². The molecule has 0 bridgehead atoms. The SMILES string of the molecule is CN(C)/N=C\NC=S. The van der Waals surface area contributed by atoms with Crippen LogP contribution in [0.2, 0.25) is 0 Å². The van der Waals surface area contributed by atoms with Gasteiger partial charge in [-0.2, -0.15) is 5.10 Å². The highest BCUT2D eigenvalue weighted by Crippen LogP contribution is 1.66. The monoisotopic (exact) mass is 131 g/mol. The molecule has 0 heterocycles. The van der Waals surface area contributed by atoms with E-state index in [1.165, 1.54) is 11.8 Å². The molecule has 0 aromatic heterocycles. The Hall–Kier alpha value is -0.640. The zero-order chi connectivity index (χ0) is 6.41. The van der Waals surface area contributed by atoms with E-state index in [-0.39, 0.29) is 0 Å². The molecule has 0 aliphatic heterocycles. The molecule has 0 saturated heterocycles. The Morgan fingerprint density at radius 2 is 2.25 bits per heavy atom. The molecule has 0 aliphatic carbocycles. The van der Waals surface area contributed by atoms with Crippen molar-refractivity contribution in [2.75, 3.05) is 14.1 Å². The lowest BCUT2D eigenvalue weighted by Gasteiger charge is -2.00. The van der Waals surface area contributed by atoms with Crippen LogP contribution in [0.25, 0.3) is 0 Å². The van der Waals surface area contributed by atoms with Crippen molar-refractivity contribution in [2.24, 2.45) is 5.10 Å². The summed E-state index contributed by atoms with van der Waals surface area (Å²) in [5, 5.41) is 8.12. The smallest absolute Gasteiger partial charge is 0.113 e. The molecule has 0 atom stereocenters. The molecule has 0 aromatic carbocycles. The highest BCUT2D eigenvalue weighted by atomic mass is 32.1. The van der Waals surface area contributed by atoms with Crippen molar-refractivity contribution in [3.63, 3.8) is 0 Å².